The average molecular weight is 336 g/mol. The monoisotopic (exact) mass is 336 g/mol. The first-order valence-electron chi connectivity index (χ1n) is 7.68. The molecular formula is C17H24N2O3S. The van der Waals surface area contributed by atoms with Crippen LogP contribution in [0.5, 0.6) is 0 Å². The van der Waals surface area contributed by atoms with Crippen LogP contribution in [0.25, 0.3) is 10.9 Å². The minimum absolute atomic E-state index is 0.0445. The Hall–Kier alpha value is -1.50. The Labute approximate surface area is 141 Å². The van der Waals surface area contributed by atoms with Gasteiger partial charge in [-0.05, 0) is 36.6 Å². The third-order valence-electron chi connectivity index (χ3n) is 3.82. The summed E-state index contributed by atoms with van der Waals surface area (Å²) in [5.41, 5.74) is 1.65. The summed E-state index contributed by atoms with van der Waals surface area (Å²) < 4.78 is 7.19. The third kappa shape index (κ3) is 4.50. The van der Waals surface area contributed by atoms with Gasteiger partial charge in [0.2, 0.25) is 0 Å². The third-order valence-corrected chi connectivity index (χ3v) is 4.46. The van der Waals surface area contributed by atoms with E-state index < -0.39 is 0 Å². The van der Waals surface area contributed by atoms with Crippen LogP contribution in [0.2, 0.25) is 0 Å². The standard InChI is InChI=1S/C17H24N2O3S/c1-22-10-9-19-8-6-14-15(4-3-5-16(14)19)17(21)18-13(12-20)7-11-23-2/h3-6,8,13,20H,7,9-12H2,1-2H3,(H,18,21)/t13-/m0/s1. The van der Waals surface area contributed by atoms with Crippen LogP contribution >= 0.6 is 11.8 Å². The molecule has 23 heavy (non-hydrogen) atoms. The van der Waals surface area contributed by atoms with E-state index in [9.17, 15) is 9.90 Å². The van der Waals surface area contributed by atoms with Crippen molar-refractivity contribution in [2.45, 2.75) is 19.0 Å². The molecule has 0 spiro atoms. The van der Waals surface area contributed by atoms with Gasteiger partial charge in [-0.25, -0.2) is 0 Å². The maximum Gasteiger partial charge on any atom is 0.252 e. The van der Waals surface area contributed by atoms with Gasteiger partial charge >= 0.3 is 0 Å². The molecule has 0 aliphatic heterocycles. The van der Waals surface area contributed by atoms with Crippen LogP contribution in [0.3, 0.4) is 0 Å². The molecule has 0 unspecified atom stereocenters. The highest BCUT2D eigenvalue weighted by Crippen LogP contribution is 2.20. The molecule has 0 fully saturated rings. The number of hydrogen-bond donors (Lipinski definition) is 2. The van der Waals surface area contributed by atoms with Crippen molar-refractivity contribution < 1.29 is 14.6 Å². The molecule has 1 heterocycles. The molecule has 1 aromatic carbocycles. The lowest BCUT2D eigenvalue weighted by molar-refractivity contribution is 0.0917. The number of methoxy groups -OCH3 is 1. The SMILES string of the molecule is COCCn1ccc2c(C(=O)N[C@H](CO)CCSC)cccc21. The summed E-state index contributed by atoms with van der Waals surface area (Å²) in [6, 6.07) is 7.45. The zero-order chi connectivity index (χ0) is 16.7. The summed E-state index contributed by atoms with van der Waals surface area (Å²) in [5, 5.41) is 13.3. The molecule has 0 radical (unpaired) electrons. The van der Waals surface area contributed by atoms with E-state index >= 15 is 0 Å². The molecule has 0 aliphatic carbocycles. The fraction of sp³-hybridized carbons (Fsp3) is 0.471. The Kier molecular flexibility index (Phi) is 6.95. The van der Waals surface area contributed by atoms with Crippen LogP contribution in [0.4, 0.5) is 0 Å². The van der Waals surface area contributed by atoms with E-state index in [0.29, 0.717) is 12.2 Å². The Morgan fingerprint density at radius 1 is 1.43 bits per heavy atom. The Balaban J connectivity index is 2.18. The lowest BCUT2D eigenvalue weighted by Crippen LogP contribution is -2.38. The van der Waals surface area contributed by atoms with Gasteiger partial charge in [0.05, 0.1) is 19.3 Å². The topological polar surface area (TPSA) is 63.5 Å². The number of aromatic nitrogens is 1. The molecule has 1 amide bonds. The van der Waals surface area contributed by atoms with Gasteiger partial charge in [-0.1, -0.05) is 6.07 Å². The Bertz CT molecular complexity index is 642. The van der Waals surface area contributed by atoms with Gasteiger partial charge in [0.25, 0.3) is 5.91 Å². The number of amides is 1. The zero-order valence-corrected chi connectivity index (χ0v) is 14.4. The Morgan fingerprint density at radius 3 is 2.96 bits per heavy atom. The van der Waals surface area contributed by atoms with Crippen molar-refractivity contribution in [3.63, 3.8) is 0 Å². The first kappa shape index (κ1) is 17.8. The second-order valence-electron chi connectivity index (χ2n) is 5.37. The fourth-order valence-electron chi connectivity index (χ4n) is 2.54. The average Bonchev–Trinajstić information content (AvgIpc) is 2.99. The van der Waals surface area contributed by atoms with Crippen molar-refractivity contribution in [3.8, 4) is 0 Å². The highest BCUT2D eigenvalue weighted by molar-refractivity contribution is 7.98. The van der Waals surface area contributed by atoms with E-state index in [2.05, 4.69) is 9.88 Å². The molecule has 2 N–H and O–H groups in total. The van der Waals surface area contributed by atoms with Gasteiger partial charge in [-0.2, -0.15) is 11.8 Å². The van der Waals surface area contributed by atoms with Crippen LogP contribution in [0.1, 0.15) is 16.8 Å². The Morgan fingerprint density at radius 2 is 2.26 bits per heavy atom. The van der Waals surface area contributed by atoms with Crippen molar-refractivity contribution >= 4 is 28.6 Å². The lowest BCUT2D eigenvalue weighted by atomic mass is 10.1. The van der Waals surface area contributed by atoms with Gasteiger partial charge in [-0.3, -0.25) is 4.79 Å². The molecule has 126 valence electrons. The number of thioether (sulfide) groups is 1. The first-order valence-corrected chi connectivity index (χ1v) is 9.08. The maximum atomic E-state index is 12.6. The predicted molar refractivity (Wildman–Crippen MR) is 95.2 cm³/mol. The van der Waals surface area contributed by atoms with Gasteiger partial charge in [0.15, 0.2) is 0 Å². The zero-order valence-electron chi connectivity index (χ0n) is 13.6. The molecule has 1 aromatic heterocycles. The predicted octanol–water partition coefficient (Wildman–Crippen LogP) is 2.13. The maximum absolute atomic E-state index is 12.6. The highest BCUT2D eigenvalue weighted by atomic mass is 32.2. The highest BCUT2D eigenvalue weighted by Gasteiger charge is 2.16. The number of aliphatic hydroxyl groups excluding tert-OH is 1. The van der Waals surface area contributed by atoms with Crippen molar-refractivity contribution in [3.05, 3.63) is 36.0 Å². The second-order valence-corrected chi connectivity index (χ2v) is 6.36. The number of ether oxygens (including phenoxy) is 1. The van der Waals surface area contributed by atoms with Crippen LogP contribution in [0, 0.1) is 0 Å². The summed E-state index contributed by atoms with van der Waals surface area (Å²) in [6.45, 7) is 1.33. The largest absolute Gasteiger partial charge is 0.394 e. The van der Waals surface area contributed by atoms with Gasteiger partial charge in [0, 0.05) is 36.3 Å². The van der Waals surface area contributed by atoms with Gasteiger partial charge < -0.3 is 19.7 Å². The smallest absolute Gasteiger partial charge is 0.252 e. The second kappa shape index (κ2) is 8.96. The van der Waals surface area contributed by atoms with Crippen LogP contribution in [0.15, 0.2) is 30.5 Å². The quantitative estimate of drug-likeness (QED) is 0.736. The minimum atomic E-state index is -0.208. The number of fused-ring (bicyclic) bond motifs is 1. The first-order chi connectivity index (χ1) is 11.2. The van der Waals surface area contributed by atoms with E-state index in [1.807, 2.05) is 36.7 Å². The number of hydrogen-bond acceptors (Lipinski definition) is 4. The van der Waals surface area contributed by atoms with Crippen molar-refractivity contribution in [1.29, 1.82) is 0 Å². The number of nitrogens with zero attached hydrogens (tertiary/aromatic N) is 1. The molecule has 5 nitrogen and oxygen atoms in total. The number of rotatable bonds is 9. The summed E-state index contributed by atoms with van der Waals surface area (Å²) >= 11 is 1.70. The minimum Gasteiger partial charge on any atom is -0.394 e. The number of carbonyl (C=O) groups is 1. The number of aliphatic hydroxyl groups is 1. The molecule has 0 aliphatic rings. The van der Waals surface area contributed by atoms with E-state index in [0.717, 1.165) is 29.6 Å². The van der Waals surface area contributed by atoms with Crippen molar-refractivity contribution in [2.75, 3.05) is 32.3 Å². The van der Waals surface area contributed by atoms with Gasteiger partial charge in [0.1, 0.15) is 0 Å². The summed E-state index contributed by atoms with van der Waals surface area (Å²) in [4.78, 5) is 12.6. The molecule has 6 heteroatoms. The molecular weight excluding hydrogens is 312 g/mol. The summed E-state index contributed by atoms with van der Waals surface area (Å²) in [7, 11) is 1.67. The summed E-state index contributed by atoms with van der Waals surface area (Å²) in [6.07, 6.45) is 4.74. The summed E-state index contributed by atoms with van der Waals surface area (Å²) in [5.74, 6) is 0.767. The van der Waals surface area contributed by atoms with Crippen LogP contribution in [-0.2, 0) is 11.3 Å². The van der Waals surface area contributed by atoms with Crippen LogP contribution < -0.4 is 5.32 Å². The normalized spacial score (nSPS) is 12.5. The fourth-order valence-corrected chi connectivity index (χ4v) is 3.06. The van der Waals surface area contributed by atoms with E-state index in [1.54, 1.807) is 18.9 Å². The number of nitrogens with one attached hydrogen (secondary N) is 1. The van der Waals surface area contributed by atoms with E-state index in [-0.39, 0.29) is 18.6 Å². The molecule has 2 aromatic rings. The molecule has 1 atom stereocenters. The molecule has 0 saturated carbocycles. The van der Waals surface area contributed by atoms with Crippen molar-refractivity contribution in [2.24, 2.45) is 0 Å². The number of carbonyl (C=O) groups excluding carboxylic acids is 1. The van der Waals surface area contributed by atoms with Crippen molar-refractivity contribution in [1.82, 2.24) is 9.88 Å². The number of benzene rings is 1. The molecule has 2 rings (SSSR count). The van der Waals surface area contributed by atoms with Gasteiger partial charge in [-0.15, -0.1) is 0 Å². The molecule has 0 bridgehead atoms. The van der Waals surface area contributed by atoms with Crippen LogP contribution in [-0.4, -0.2) is 54.0 Å². The van der Waals surface area contributed by atoms with E-state index in [1.165, 1.54) is 0 Å². The lowest BCUT2D eigenvalue weighted by Gasteiger charge is -2.16. The molecule has 0 saturated heterocycles. The van der Waals surface area contributed by atoms with E-state index in [4.69, 9.17) is 4.74 Å².